The van der Waals surface area contributed by atoms with E-state index in [9.17, 15) is 5.11 Å². The minimum absolute atomic E-state index is 0.169. The van der Waals surface area contributed by atoms with Crippen LogP contribution in [0.1, 0.15) is 13.8 Å². The molecule has 2 heteroatoms. The van der Waals surface area contributed by atoms with Crippen molar-refractivity contribution in [3.8, 4) is 0 Å². The fraction of sp³-hybridized carbons (Fsp3) is 0.750. The minimum Gasteiger partial charge on any atom is -0.392 e. The zero-order chi connectivity index (χ0) is 8.36. The molecule has 1 nitrogen and oxygen atoms in total. The van der Waals surface area contributed by atoms with Crippen molar-refractivity contribution in [1.82, 2.24) is 0 Å². The summed E-state index contributed by atoms with van der Waals surface area (Å²) in [7, 11) is -1.36. The fourth-order valence-corrected chi connectivity index (χ4v) is 2.37. The Morgan fingerprint density at radius 1 is 1.40 bits per heavy atom. The van der Waals surface area contributed by atoms with E-state index in [1.165, 1.54) is 0 Å². The highest BCUT2D eigenvalue weighted by atomic mass is 28.3. The average Bonchev–Trinajstić information content (AvgIpc) is 1.83. The summed E-state index contributed by atoms with van der Waals surface area (Å²) in [6, 6.07) is 0. The molecule has 0 bridgehead atoms. The highest BCUT2D eigenvalue weighted by Crippen LogP contribution is 2.14. The summed E-state index contributed by atoms with van der Waals surface area (Å²) in [6.45, 7) is 10.5. The van der Waals surface area contributed by atoms with Gasteiger partial charge in [-0.2, -0.15) is 0 Å². The summed E-state index contributed by atoms with van der Waals surface area (Å²) >= 11 is 0. The van der Waals surface area contributed by atoms with E-state index in [4.69, 9.17) is 0 Å². The topological polar surface area (TPSA) is 20.2 Å². The Hall–Kier alpha value is -0.0831. The second kappa shape index (κ2) is 3.35. The Morgan fingerprint density at radius 2 is 1.80 bits per heavy atom. The predicted molar refractivity (Wildman–Crippen MR) is 48.8 cm³/mol. The van der Waals surface area contributed by atoms with Gasteiger partial charge in [0.25, 0.3) is 0 Å². The Bertz CT molecular complexity index is 133. The third-order valence-corrected chi connectivity index (χ3v) is 3.80. The van der Waals surface area contributed by atoms with Gasteiger partial charge in [-0.1, -0.05) is 31.3 Å². The van der Waals surface area contributed by atoms with Crippen molar-refractivity contribution < 1.29 is 5.11 Å². The molecule has 60 valence electrons. The van der Waals surface area contributed by atoms with Crippen LogP contribution in [0, 0.1) is 0 Å². The molecule has 0 heterocycles. The zero-order valence-corrected chi connectivity index (χ0v) is 8.60. The molecule has 0 fully saturated rings. The normalized spacial score (nSPS) is 17.2. The lowest BCUT2D eigenvalue weighted by atomic mass is 10.3. The second-order valence-electron chi connectivity index (χ2n) is 3.80. The molecule has 0 rings (SSSR count). The SMILES string of the molecule is C/C=C(\C)C(O)[Si](C)(C)C. The van der Waals surface area contributed by atoms with Gasteiger partial charge >= 0.3 is 0 Å². The number of rotatable bonds is 2. The first-order chi connectivity index (χ1) is 4.39. The highest BCUT2D eigenvalue weighted by Gasteiger charge is 2.24. The summed E-state index contributed by atoms with van der Waals surface area (Å²) < 4.78 is 0. The molecule has 1 unspecified atom stereocenters. The first kappa shape index (κ1) is 9.92. The molecular weight excluding hydrogens is 140 g/mol. The molecule has 0 spiro atoms. The van der Waals surface area contributed by atoms with E-state index in [2.05, 4.69) is 19.6 Å². The van der Waals surface area contributed by atoms with Crippen molar-refractivity contribution in [2.45, 2.75) is 39.2 Å². The number of hydrogen-bond donors (Lipinski definition) is 1. The van der Waals surface area contributed by atoms with Gasteiger partial charge in [-0.25, -0.2) is 0 Å². The predicted octanol–water partition coefficient (Wildman–Crippen LogP) is 2.19. The van der Waals surface area contributed by atoms with Crippen LogP contribution in [0.2, 0.25) is 19.6 Å². The smallest absolute Gasteiger partial charge is 0.0834 e. The van der Waals surface area contributed by atoms with Crippen LogP contribution in [0.4, 0.5) is 0 Å². The number of aliphatic hydroxyl groups is 1. The Balaban J connectivity index is 4.23. The quantitative estimate of drug-likeness (QED) is 0.482. The van der Waals surface area contributed by atoms with Crippen molar-refractivity contribution in [2.24, 2.45) is 0 Å². The van der Waals surface area contributed by atoms with Crippen molar-refractivity contribution in [2.75, 3.05) is 0 Å². The first-order valence-corrected chi connectivity index (χ1v) is 7.28. The molecule has 1 N–H and O–H groups in total. The third-order valence-electron chi connectivity index (χ3n) is 1.71. The van der Waals surface area contributed by atoms with Crippen LogP contribution < -0.4 is 0 Å². The average molecular weight is 158 g/mol. The van der Waals surface area contributed by atoms with E-state index >= 15 is 0 Å². The van der Waals surface area contributed by atoms with Crippen LogP contribution in [0.5, 0.6) is 0 Å². The van der Waals surface area contributed by atoms with E-state index in [-0.39, 0.29) is 5.73 Å². The Kier molecular flexibility index (Phi) is 3.32. The monoisotopic (exact) mass is 158 g/mol. The summed E-state index contributed by atoms with van der Waals surface area (Å²) in [5, 5.41) is 9.65. The zero-order valence-electron chi connectivity index (χ0n) is 7.60. The molecule has 0 saturated heterocycles. The molecule has 0 saturated carbocycles. The standard InChI is InChI=1S/C8H18OSi/c1-6-7(2)8(9)10(3,4)5/h6,8-9H,1-5H3/b7-6+. The summed E-state index contributed by atoms with van der Waals surface area (Å²) in [5.74, 6) is 0. The molecule has 0 aliphatic heterocycles. The van der Waals surface area contributed by atoms with Gasteiger partial charge in [0.05, 0.1) is 13.8 Å². The van der Waals surface area contributed by atoms with Crippen molar-refractivity contribution in [3.05, 3.63) is 11.6 Å². The number of hydrogen-bond acceptors (Lipinski definition) is 1. The summed E-state index contributed by atoms with van der Waals surface area (Å²) in [4.78, 5) is 0. The van der Waals surface area contributed by atoms with E-state index in [1.807, 2.05) is 19.9 Å². The van der Waals surface area contributed by atoms with E-state index < -0.39 is 8.07 Å². The Labute approximate surface area is 64.8 Å². The molecule has 0 radical (unpaired) electrons. The van der Waals surface area contributed by atoms with Gasteiger partial charge in [-0.3, -0.25) is 0 Å². The van der Waals surface area contributed by atoms with Crippen LogP contribution in [0.15, 0.2) is 11.6 Å². The molecule has 0 aromatic rings. The highest BCUT2D eigenvalue weighted by molar-refractivity contribution is 6.77. The number of aliphatic hydroxyl groups excluding tert-OH is 1. The maximum atomic E-state index is 9.65. The third kappa shape index (κ3) is 2.67. The molecule has 0 aromatic carbocycles. The lowest BCUT2D eigenvalue weighted by Gasteiger charge is -2.24. The Morgan fingerprint density at radius 3 is 1.90 bits per heavy atom. The van der Waals surface area contributed by atoms with Crippen LogP contribution in [0.25, 0.3) is 0 Å². The van der Waals surface area contributed by atoms with Gasteiger partial charge in [0, 0.05) is 0 Å². The van der Waals surface area contributed by atoms with E-state index in [1.54, 1.807) is 0 Å². The van der Waals surface area contributed by atoms with Gasteiger partial charge in [-0.05, 0) is 13.8 Å². The fourth-order valence-electron chi connectivity index (χ4n) is 0.841. The maximum Gasteiger partial charge on any atom is 0.0834 e. The second-order valence-corrected chi connectivity index (χ2v) is 9.08. The van der Waals surface area contributed by atoms with E-state index in [0.717, 1.165) is 5.57 Å². The van der Waals surface area contributed by atoms with Gasteiger partial charge in [0.15, 0.2) is 0 Å². The van der Waals surface area contributed by atoms with Gasteiger partial charge in [0.2, 0.25) is 0 Å². The maximum absolute atomic E-state index is 9.65. The van der Waals surface area contributed by atoms with Crippen LogP contribution in [0.3, 0.4) is 0 Å². The van der Waals surface area contributed by atoms with Crippen LogP contribution >= 0.6 is 0 Å². The van der Waals surface area contributed by atoms with Gasteiger partial charge < -0.3 is 5.11 Å². The number of allylic oxidation sites excluding steroid dienone is 1. The van der Waals surface area contributed by atoms with Gasteiger partial charge in [-0.15, -0.1) is 0 Å². The molecule has 0 aliphatic rings. The molecule has 1 atom stereocenters. The van der Waals surface area contributed by atoms with Crippen molar-refractivity contribution in [3.63, 3.8) is 0 Å². The summed E-state index contributed by atoms with van der Waals surface area (Å²) in [6.07, 6.45) is 1.99. The molecule has 10 heavy (non-hydrogen) atoms. The summed E-state index contributed by atoms with van der Waals surface area (Å²) in [5.41, 5.74) is 0.941. The lowest BCUT2D eigenvalue weighted by Crippen LogP contribution is -2.38. The lowest BCUT2D eigenvalue weighted by molar-refractivity contribution is 0.279. The van der Waals surface area contributed by atoms with Crippen LogP contribution in [-0.2, 0) is 0 Å². The minimum atomic E-state index is -1.36. The molecular formula is C8H18OSi. The van der Waals surface area contributed by atoms with Crippen molar-refractivity contribution >= 4 is 8.07 Å². The largest absolute Gasteiger partial charge is 0.392 e. The van der Waals surface area contributed by atoms with Crippen LogP contribution in [-0.4, -0.2) is 18.9 Å². The molecule has 0 aliphatic carbocycles. The van der Waals surface area contributed by atoms with E-state index in [0.29, 0.717) is 0 Å². The first-order valence-electron chi connectivity index (χ1n) is 3.70. The van der Waals surface area contributed by atoms with Crippen molar-refractivity contribution in [1.29, 1.82) is 0 Å². The molecule has 0 aromatic heterocycles. The van der Waals surface area contributed by atoms with Gasteiger partial charge in [0.1, 0.15) is 0 Å². The molecule has 0 amide bonds.